The number of halogens is 2. The topological polar surface area (TPSA) is 76.0 Å². The number of rotatable bonds is 5. The predicted octanol–water partition coefficient (Wildman–Crippen LogP) is 3.67. The van der Waals surface area contributed by atoms with Crippen LogP contribution in [0, 0.1) is 0 Å². The molecule has 2 fully saturated rings. The van der Waals surface area contributed by atoms with Gasteiger partial charge in [-0.3, -0.25) is 4.79 Å². The van der Waals surface area contributed by atoms with Crippen molar-refractivity contribution in [1.29, 1.82) is 0 Å². The van der Waals surface area contributed by atoms with Gasteiger partial charge in [0.25, 0.3) is 5.91 Å². The van der Waals surface area contributed by atoms with Crippen molar-refractivity contribution in [3.05, 3.63) is 64.1 Å². The van der Waals surface area contributed by atoms with Crippen molar-refractivity contribution >= 4 is 55.9 Å². The molecule has 0 aliphatic carbocycles. The maximum atomic E-state index is 12.4. The number of amides is 1. The molecular formula is C20H18Cl2N2O4S2. The summed E-state index contributed by atoms with van der Waals surface area (Å²) < 4.78 is 29.7. The molecule has 4 rings (SSSR count). The molecule has 2 atom stereocenters. The van der Waals surface area contributed by atoms with Crippen molar-refractivity contribution in [2.24, 2.45) is 4.99 Å². The van der Waals surface area contributed by atoms with Gasteiger partial charge in [0, 0.05) is 21.8 Å². The Morgan fingerprint density at radius 3 is 2.60 bits per heavy atom. The third kappa shape index (κ3) is 4.94. The Morgan fingerprint density at radius 2 is 1.87 bits per heavy atom. The van der Waals surface area contributed by atoms with Crippen molar-refractivity contribution in [3.8, 4) is 5.75 Å². The zero-order chi connectivity index (χ0) is 21.3. The van der Waals surface area contributed by atoms with E-state index < -0.39 is 15.7 Å². The highest BCUT2D eigenvalue weighted by molar-refractivity contribution is 8.15. The molecule has 2 unspecified atom stereocenters. The van der Waals surface area contributed by atoms with Gasteiger partial charge in [-0.05, 0) is 35.9 Å². The molecule has 0 radical (unpaired) electrons. The molecule has 6 nitrogen and oxygen atoms in total. The molecule has 0 aromatic heterocycles. The van der Waals surface area contributed by atoms with E-state index in [9.17, 15) is 13.2 Å². The van der Waals surface area contributed by atoms with E-state index in [0.717, 1.165) is 5.56 Å². The quantitative estimate of drug-likeness (QED) is 0.644. The fourth-order valence-electron chi connectivity index (χ4n) is 3.45. The van der Waals surface area contributed by atoms with Gasteiger partial charge in [0.1, 0.15) is 5.75 Å². The molecule has 10 heteroatoms. The molecule has 0 spiro atoms. The Morgan fingerprint density at radius 1 is 1.13 bits per heavy atom. The predicted molar refractivity (Wildman–Crippen MR) is 120 cm³/mol. The SMILES string of the molecule is O=C(COc1ccc(Cl)cc1)N=C1SC2CS(=O)(=O)CC2N1Cc1ccccc1Cl. The van der Waals surface area contributed by atoms with Crippen LogP contribution >= 0.6 is 35.0 Å². The summed E-state index contributed by atoms with van der Waals surface area (Å²) in [5, 5.41) is 1.52. The molecule has 30 heavy (non-hydrogen) atoms. The first-order chi connectivity index (χ1) is 14.3. The van der Waals surface area contributed by atoms with Crippen molar-refractivity contribution in [2.75, 3.05) is 18.1 Å². The number of fused-ring (bicyclic) bond motifs is 1. The maximum Gasteiger partial charge on any atom is 0.285 e. The molecule has 2 aliphatic heterocycles. The Labute approximate surface area is 189 Å². The lowest BCUT2D eigenvalue weighted by atomic mass is 10.1. The summed E-state index contributed by atoms with van der Waals surface area (Å²) >= 11 is 13.5. The van der Waals surface area contributed by atoms with Gasteiger partial charge in [0.05, 0.1) is 17.5 Å². The highest BCUT2D eigenvalue weighted by Gasteiger charge is 2.48. The summed E-state index contributed by atoms with van der Waals surface area (Å²) in [5.41, 5.74) is 0.849. The van der Waals surface area contributed by atoms with Gasteiger partial charge in [-0.1, -0.05) is 53.2 Å². The van der Waals surface area contributed by atoms with Crippen LogP contribution in [-0.4, -0.2) is 53.8 Å². The molecule has 2 aromatic carbocycles. The smallest absolute Gasteiger partial charge is 0.285 e. The fourth-order valence-corrected chi connectivity index (χ4v) is 7.74. The Kier molecular flexibility index (Phi) is 6.29. The molecule has 158 valence electrons. The van der Waals surface area contributed by atoms with E-state index in [0.29, 0.717) is 27.5 Å². The molecule has 1 amide bonds. The van der Waals surface area contributed by atoms with Crippen LogP contribution in [-0.2, 0) is 21.2 Å². The third-order valence-corrected chi connectivity index (χ3v) is 8.74. The number of sulfone groups is 1. The van der Waals surface area contributed by atoms with Crippen LogP contribution in [0.1, 0.15) is 5.56 Å². The number of hydrogen-bond acceptors (Lipinski definition) is 5. The first-order valence-corrected chi connectivity index (χ1v) is 12.6. The summed E-state index contributed by atoms with van der Waals surface area (Å²) in [7, 11) is -3.11. The van der Waals surface area contributed by atoms with Crippen LogP contribution in [0.15, 0.2) is 53.5 Å². The van der Waals surface area contributed by atoms with E-state index in [1.807, 2.05) is 23.1 Å². The third-order valence-electron chi connectivity index (χ3n) is 4.87. The first kappa shape index (κ1) is 21.5. The molecule has 2 saturated heterocycles. The van der Waals surface area contributed by atoms with E-state index in [-0.39, 0.29) is 29.4 Å². The van der Waals surface area contributed by atoms with Crippen LogP contribution in [0.2, 0.25) is 10.0 Å². The van der Waals surface area contributed by atoms with Crippen LogP contribution in [0.25, 0.3) is 0 Å². The zero-order valence-corrected chi connectivity index (χ0v) is 18.8. The summed E-state index contributed by atoms with van der Waals surface area (Å²) in [4.78, 5) is 18.5. The van der Waals surface area contributed by atoms with Gasteiger partial charge in [0.15, 0.2) is 21.6 Å². The number of amidine groups is 1. The lowest BCUT2D eigenvalue weighted by Crippen LogP contribution is -2.37. The zero-order valence-electron chi connectivity index (χ0n) is 15.7. The van der Waals surface area contributed by atoms with Gasteiger partial charge in [0.2, 0.25) is 0 Å². The van der Waals surface area contributed by atoms with E-state index in [2.05, 4.69) is 4.99 Å². The van der Waals surface area contributed by atoms with Gasteiger partial charge in [-0.25, -0.2) is 8.42 Å². The van der Waals surface area contributed by atoms with Gasteiger partial charge >= 0.3 is 0 Å². The first-order valence-electron chi connectivity index (χ1n) is 9.18. The van der Waals surface area contributed by atoms with Gasteiger partial charge in [-0.2, -0.15) is 4.99 Å². The summed E-state index contributed by atoms with van der Waals surface area (Å²) in [6.07, 6.45) is 0. The minimum atomic E-state index is -3.11. The van der Waals surface area contributed by atoms with E-state index in [1.165, 1.54) is 11.8 Å². The number of hydrogen-bond donors (Lipinski definition) is 0. The summed E-state index contributed by atoms with van der Waals surface area (Å²) in [6, 6.07) is 13.8. The molecule has 2 heterocycles. The van der Waals surface area contributed by atoms with Crippen molar-refractivity contribution in [2.45, 2.75) is 17.8 Å². The molecule has 0 N–H and O–H groups in total. The monoisotopic (exact) mass is 484 g/mol. The number of carbonyl (C=O) groups is 1. The Bertz CT molecular complexity index is 1090. The fraction of sp³-hybridized carbons (Fsp3) is 0.300. The largest absolute Gasteiger partial charge is 0.484 e. The van der Waals surface area contributed by atoms with E-state index in [1.54, 1.807) is 30.3 Å². The average molecular weight is 485 g/mol. The second-order valence-electron chi connectivity index (χ2n) is 7.05. The normalized spacial score (nSPS) is 23.5. The number of aliphatic imine (C=N–C) groups is 1. The Balaban J connectivity index is 1.51. The minimum Gasteiger partial charge on any atom is -0.484 e. The van der Waals surface area contributed by atoms with Crippen LogP contribution in [0.3, 0.4) is 0 Å². The molecule has 2 aromatic rings. The van der Waals surface area contributed by atoms with Crippen molar-refractivity contribution < 1.29 is 17.9 Å². The van der Waals surface area contributed by atoms with Crippen LogP contribution in [0.4, 0.5) is 0 Å². The highest BCUT2D eigenvalue weighted by atomic mass is 35.5. The van der Waals surface area contributed by atoms with Gasteiger partial charge < -0.3 is 9.64 Å². The molecule has 0 bridgehead atoms. The molecule has 0 saturated carbocycles. The standard InChI is InChI=1S/C20H18Cl2N2O4S2/c21-14-5-7-15(8-6-14)28-10-19(25)23-20-24(9-13-3-1-2-4-16(13)22)17-11-30(26,27)12-18(17)29-20/h1-8,17-18H,9-12H2. The lowest BCUT2D eigenvalue weighted by molar-refractivity contribution is -0.119. The second-order valence-corrected chi connectivity index (χ2v) is 11.3. The Hall–Kier alpha value is -1.74. The van der Waals surface area contributed by atoms with Gasteiger partial charge in [-0.15, -0.1) is 0 Å². The maximum absolute atomic E-state index is 12.4. The number of carbonyl (C=O) groups excluding carboxylic acids is 1. The number of thioether (sulfide) groups is 1. The summed E-state index contributed by atoms with van der Waals surface area (Å²) in [6.45, 7) is 0.159. The average Bonchev–Trinajstić information content (AvgIpc) is 3.15. The molecular weight excluding hydrogens is 467 g/mol. The van der Waals surface area contributed by atoms with E-state index >= 15 is 0 Å². The number of nitrogens with zero attached hydrogens (tertiary/aromatic N) is 2. The number of ether oxygens (including phenoxy) is 1. The minimum absolute atomic E-state index is 0.0452. The van der Waals surface area contributed by atoms with Crippen LogP contribution in [0.5, 0.6) is 5.75 Å². The number of benzene rings is 2. The van der Waals surface area contributed by atoms with E-state index in [4.69, 9.17) is 27.9 Å². The lowest BCUT2D eigenvalue weighted by Gasteiger charge is -2.25. The highest BCUT2D eigenvalue weighted by Crippen LogP contribution is 2.39. The van der Waals surface area contributed by atoms with Crippen molar-refractivity contribution in [1.82, 2.24) is 4.90 Å². The summed E-state index contributed by atoms with van der Waals surface area (Å²) in [5.74, 6) is 0.196. The second kappa shape index (κ2) is 8.78. The van der Waals surface area contributed by atoms with Crippen LogP contribution < -0.4 is 4.74 Å². The van der Waals surface area contributed by atoms with Crippen molar-refractivity contribution in [3.63, 3.8) is 0 Å². The molecule has 2 aliphatic rings.